The molecule has 3 rings (SSSR count). The summed E-state index contributed by atoms with van der Waals surface area (Å²) >= 11 is 6.13. The Morgan fingerprint density at radius 3 is 2.22 bits per heavy atom. The number of nitrogens with zero attached hydrogens (tertiary/aromatic N) is 2. The normalized spacial score (nSPS) is 18.4. The van der Waals surface area contributed by atoms with Gasteiger partial charge in [0.15, 0.2) is 0 Å². The first-order chi connectivity index (χ1) is 8.76. The molecule has 0 aliphatic heterocycles. The summed E-state index contributed by atoms with van der Waals surface area (Å²) in [5.41, 5.74) is 1.75. The monoisotopic (exact) mass is 260 g/mol. The van der Waals surface area contributed by atoms with Crippen LogP contribution in [0.15, 0.2) is 18.2 Å². The molecule has 1 aromatic rings. The van der Waals surface area contributed by atoms with E-state index in [2.05, 4.69) is 11.0 Å². The highest BCUT2D eigenvalue weighted by Crippen LogP contribution is 2.36. The van der Waals surface area contributed by atoms with Crippen molar-refractivity contribution in [2.24, 2.45) is 11.8 Å². The number of nitriles is 1. The van der Waals surface area contributed by atoms with E-state index in [0.29, 0.717) is 10.6 Å². The van der Waals surface area contributed by atoms with Gasteiger partial charge in [-0.05, 0) is 55.7 Å². The fraction of sp³-hybridized carbons (Fsp3) is 0.533. The molecule has 0 N–H and O–H groups in total. The summed E-state index contributed by atoms with van der Waals surface area (Å²) in [7, 11) is 0. The van der Waals surface area contributed by atoms with Crippen molar-refractivity contribution in [3.05, 3.63) is 28.8 Å². The zero-order valence-corrected chi connectivity index (χ0v) is 11.2. The smallest absolute Gasteiger partial charge is 0.101 e. The molecule has 0 unspecified atom stereocenters. The molecule has 0 saturated heterocycles. The van der Waals surface area contributed by atoms with Crippen molar-refractivity contribution in [3.8, 4) is 6.07 Å². The van der Waals surface area contributed by atoms with Crippen LogP contribution in [-0.2, 0) is 0 Å². The van der Waals surface area contributed by atoms with E-state index in [1.54, 1.807) is 0 Å². The molecule has 18 heavy (non-hydrogen) atoms. The summed E-state index contributed by atoms with van der Waals surface area (Å²) in [6.07, 6.45) is 5.46. The molecule has 0 bridgehead atoms. The molecule has 0 amide bonds. The van der Waals surface area contributed by atoms with E-state index in [9.17, 15) is 0 Å². The maximum absolute atomic E-state index is 8.91. The molecule has 2 saturated carbocycles. The van der Waals surface area contributed by atoms with Gasteiger partial charge in [-0.3, -0.25) is 0 Å². The summed E-state index contributed by atoms with van der Waals surface area (Å²) in [5.74, 6) is 1.75. The summed E-state index contributed by atoms with van der Waals surface area (Å²) in [6.45, 7) is 2.30. The van der Waals surface area contributed by atoms with Crippen LogP contribution >= 0.6 is 11.6 Å². The van der Waals surface area contributed by atoms with Crippen LogP contribution in [0.25, 0.3) is 0 Å². The Kier molecular flexibility index (Phi) is 3.18. The molecular weight excluding hydrogens is 244 g/mol. The van der Waals surface area contributed by atoms with Gasteiger partial charge >= 0.3 is 0 Å². The Bertz CT molecular complexity index is 470. The minimum Gasteiger partial charge on any atom is -0.371 e. The number of hydrogen-bond donors (Lipinski definition) is 0. The number of anilines is 1. The second-order valence-corrected chi connectivity index (χ2v) is 5.97. The summed E-state index contributed by atoms with van der Waals surface area (Å²) < 4.78 is 0. The van der Waals surface area contributed by atoms with E-state index in [-0.39, 0.29) is 0 Å². The van der Waals surface area contributed by atoms with E-state index in [1.165, 1.54) is 31.4 Å². The molecule has 2 aliphatic carbocycles. The second-order valence-electron chi connectivity index (χ2n) is 5.57. The molecule has 3 heteroatoms. The van der Waals surface area contributed by atoms with Crippen molar-refractivity contribution in [2.45, 2.75) is 25.7 Å². The van der Waals surface area contributed by atoms with Crippen LogP contribution in [0.2, 0.25) is 5.02 Å². The lowest BCUT2D eigenvalue weighted by Gasteiger charge is -2.25. The van der Waals surface area contributed by atoms with Gasteiger partial charge in [-0.1, -0.05) is 11.6 Å². The Hall–Kier alpha value is -1.20. The zero-order valence-electron chi connectivity index (χ0n) is 10.4. The largest absolute Gasteiger partial charge is 0.371 e. The highest BCUT2D eigenvalue weighted by molar-refractivity contribution is 6.32. The Morgan fingerprint density at radius 2 is 1.78 bits per heavy atom. The average molecular weight is 261 g/mol. The van der Waals surface area contributed by atoms with Crippen LogP contribution in [-0.4, -0.2) is 13.1 Å². The number of benzene rings is 1. The maximum Gasteiger partial charge on any atom is 0.101 e. The highest BCUT2D eigenvalue weighted by atomic mass is 35.5. The molecule has 2 nitrogen and oxygen atoms in total. The third-order valence-corrected chi connectivity index (χ3v) is 4.10. The highest BCUT2D eigenvalue weighted by Gasteiger charge is 2.29. The van der Waals surface area contributed by atoms with Gasteiger partial charge in [0, 0.05) is 18.8 Å². The van der Waals surface area contributed by atoms with Gasteiger partial charge in [-0.15, -0.1) is 0 Å². The number of hydrogen-bond acceptors (Lipinski definition) is 2. The maximum atomic E-state index is 8.91. The van der Waals surface area contributed by atoms with Gasteiger partial charge in [0.1, 0.15) is 6.07 Å². The first-order valence-electron chi connectivity index (χ1n) is 6.71. The van der Waals surface area contributed by atoms with Crippen molar-refractivity contribution in [3.63, 3.8) is 0 Å². The number of halogens is 1. The molecule has 2 fully saturated rings. The fourth-order valence-electron chi connectivity index (χ4n) is 2.30. The van der Waals surface area contributed by atoms with Crippen LogP contribution in [0.4, 0.5) is 5.69 Å². The summed E-state index contributed by atoms with van der Waals surface area (Å²) in [4.78, 5) is 2.46. The van der Waals surface area contributed by atoms with Gasteiger partial charge in [0.05, 0.1) is 10.6 Å². The third-order valence-electron chi connectivity index (χ3n) is 3.79. The first-order valence-corrected chi connectivity index (χ1v) is 7.08. The van der Waals surface area contributed by atoms with Crippen LogP contribution < -0.4 is 4.90 Å². The van der Waals surface area contributed by atoms with Crippen LogP contribution in [0.1, 0.15) is 31.2 Å². The number of rotatable bonds is 5. The van der Waals surface area contributed by atoms with E-state index in [1.807, 2.05) is 18.2 Å². The molecule has 94 valence electrons. The molecule has 0 atom stereocenters. The molecule has 0 spiro atoms. The van der Waals surface area contributed by atoms with Gasteiger partial charge in [0.25, 0.3) is 0 Å². The van der Waals surface area contributed by atoms with Gasteiger partial charge in [-0.2, -0.15) is 5.26 Å². The quantitative estimate of drug-likeness (QED) is 0.804. The molecule has 2 aliphatic rings. The minimum atomic E-state index is 0.568. The molecule has 0 aromatic heterocycles. The predicted octanol–water partition coefficient (Wildman–Crippen LogP) is 3.84. The van der Waals surface area contributed by atoms with Crippen molar-refractivity contribution < 1.29 is 0 Å². The Morgan fingerprint density at radius 1 is 1.17 bits per heavy atom. The standard InChI is InChI=1S/C15H17ClN2/c16-15-7-14(6-5-13(15)8-17)18(9-11-1-2-11)10-12-3-4-12/h5-7,11-12H,1-4,9-10H2. The van der Waals surface area contributed by atoms with E-state index >= 15 is 0 Å². The predicted molar refractivity (Wildman–Crippen MR) is 73.8 cm³/mol. The van der Waals surface area contributed by atoms with E-state index < -0.39 is 0 Å². The van der Waals surface area contributed by atoms with Crippen LogP contribution in [0.5, 0.6) is 0 Å². The minimum absolute atomic E-state index is 0.568. The lowest BCUT2D eigenvalue weighted by atomic mass is 10.2. The van der Waals surface area contributed by atoms with E-state index in [4.69, 9.17) is 16.9 Å². The van der Waals surface area contributed by atoms with Crippen molar-refractivity contribution >= 4 is 17.3 Å². The fourth-order valence-corrected chi connectivity index (χ4v) is 2.52. The lowest BCUT2D eigenvalue weighted by Crippen LogP contribution is -2.28. The summed E-state index contributed by atoms with van der Waals surface area (Å²) in [5, 5.41) is 9.49. The van der Waals surface area contributed by atoms with Gasteiger partial charge in [0.2, 0.25) is 0 Å². The third kappa shape index (κ3) is 2.79. The summed E-state index contributed by atoms with van der Waals surface area (Å²) in [6, 6.07) is 7.94. The SMILES string of the molecule is N#Cc1ccc(N(CC2CC2)CC2CC2)cc1Cl. The topological polar surface area (TPSA) is 27.0 Å². The van der Waals surface area contributed by atoms with E-state index in [0.717, 1.165) is 24.9 Å². The van der Waals surface area contributed by atoms with Crippen molar-refractivity contribution in [1.29, 1.82) is 5.26 Å². The van der Waals surface area contributed by atoms with Gasteiger partial charge in [-0.25, -0.2) is 0 Å². The Labute approximate surface area is 113 Å². The van der Waals surface area contributed by atoms with Crippen molar-refractivity contribution in [2.75, 3.05) is 18.0 Å². The lowest BCUT2D eigenvalue weighted by molar-refractivity contribution is 0.679. The van der Waals surface area contributed by atoms with Gasteiger partial charge < -0.3 is 4.90 Å². The molecule has 0 radical (unpaired) electrons. The van der Waals surface area contributed by atoms with Crippen LogP contribution in [0.3, 0.4) is 0 Å². The zero-order chi connectivity index (χ0) is 12.5. The molecule has 0 heterocycles. The first kappa shape index (κ1) is 11.9. The Balaban J connectivity index is 1.78. The van der Waals surface area contributed by atoms with Crippen LogP contribution in [0, 0.1) is 23.2 Å². The average Bonchev–Trinajstić information content (AvgIpc) is 3.23. The molecular formula is C15H17ClN2. The van der Waals surface area contributed by atoms with Crippen molar-refractivity contribution in [1.82, 2.24) is 0 Å². The molecule has 1 aromatic carbocycles. The second kappa shape index (κ2) is 4.82.